The van der Waals surface area contributed by atoms with Crippen molar-refractivity contribution >= 4 is 23.3 Å². The van der Waals surface area contributed by atoms with Crippen molar-refractivity contribution in [1.29, 1.82) is 0 Å². The summed E-state index contributed by atoms with van der Waals surface area (Å²) in [5, 5.41) is 11.4. The van der Waals surface area contributed by atoms with Gasteiger partial charge in [0.2, 0.25) is 11.5 Å². The Morgan fingerprint density at radius 2 is 1.97 bits per heavy atom. The lowest BCUT2D eigenvalue weighted by Crippen LogP contribution is -2.51. The van der Waals surface area contributed by atoms with Crippen molar-refractivity contribution in [3.8, 4) is 0 Å². The van der Waals surface area contributed by atoms with E-state index in [1.165, 1.54) is 17.2 Å². The van der Waals surface area contributed by atoms with Gasteiger partial charge in [-0.2, -0.15) is 13.2 Å². The van der Waals surface area contributed by atoms with Crippen LogP contribution < -0.4 is 0 Å². The molecule has 0 aromatic carbocycles. The zero-order valence-corrected chi connectivity index (χ0v) is 20.8. The van der Waals surface area contributed by atoms with Crippen LogP contribution in [0.3, 0.4) is 0 Å². The van der Waals surface area contributed by atoms with Crippen LogP contribution in [-0.2, 0) is 15.1 Å². The number of aromatic nitrogens is 1. The molecule has 0 aliphatic carbocycles. The Bertz CT molecular complexity index is 838. The quantitative estimate of drug-likeness (QED) is 0.632. The predicted octanol–water partition coefficient (Wildman–Crippen LogP) is 4.48. The first kappa shape index (κ1) is 27.4. The van der Waals surface area contributed by atoms with Gasteiger partial charge in [0.05, 0.1) is 6.42 Å². The van der Waals surface area contributed by atoms with Crippen molar-refractivity contribution in [3.63, 3.8) is 0 Å². The van der Waals surface area contributed by atoms with Crippen molar-refractivity contribution in [2.45, 2.75) is 84.2 Å². The van der Waals surface area contributed by atoms with E-state index < -0.39 is 40.8 Å². The van der Waals surface area contributed by atoms with Gasteiger partial charge in [-0.05, 0) is 60.3 Å². The van der Waals surface area contributed by atoms with Gasteiger partial charge in [0.1, 0.15) is 10.6 Å². The number of carbonyl (C=O) groups excluding carboxylic acids is 2. The van der Waals surface area contributed by atoms with Crippen LogP contribution in [-0.4, -0.2) is 69.3 Å². The Balaban J connectivity index is 2.12. The zero-order chi connectivity index (χ0) is 25.2. The topological polar surface area (TPSA) is 83.0 Å². The number of aliphatic hydroxyl groups is 1. The van der Waals surface area contributed by atoms with Gasteiger partial charge in [-0.3, -0.25) is 4.79 Å². The maximum Gasteiger partial charge on any atom is 0.424 e. The number of amides is 2. The minimum absolute atomic E-state index is 0.112. The second-order valence-electron chi connectivity index (χ2n) is 9.90. The third-order valence-electron chi connectivity index (χ3n) is 5.43. The number of piperidine rings is 1. The second-order valence-corrected chi connectivity index (χ2v) is 10.8. The van der Waals surface area contributed by atoms with E-state index in [9.17, 15) is 27.9 Å². The lowest BCUT2D eigenvalue weighted by molar-refractivity contribution is -0.268. The molecule has 1 aromatic rings. The summed E-state index contributed by atoms with van der Waals surface area (Å²) in [5.41, 5.74) is -3.65. The monoisotopic (exact) mass is 493 g/mol. The number of carbonyl (C=O) groups is 2. The smallest absolute Gasteiger partial charge is 0.424 e. The number of thiazole rings is 1. The maximum atomic E-state index is 13.8. The van der Waals surface area contributed by atoms with Gasteiger partial charge in [0, 0.05) is 36.8 Å². The molecule has 1 saturated heterocycles. The lowest BCUT2D eigenvalue weighted by Gasteiger charge is -2.38. The average molecular weight is 494 g/mol. The van der Waals surface area contributed by atoms with Crippen molar-refractivity contribution in [2.24, 2.45) is 5.92 Å². The Kier molecular flexibility index (Phi) is 8.43. The first-order valence-electron chi connectivity index (χ1n) is 11.0. The molecule has 1 aliphatic rings. The van der Waals surface area contributed by atoms with Crippen LogP contribution in [0.2, 0.25) is 0 Å². The van der Waals surface area contributed by atoms with Crippen LogP contribution in [0.1, 0.15) is 64.6 Å². The van der Waals surface area contributed by atoms with Crippen LogP contribution in [0.25, 0.3) is 0 Å². The molecule has 0 radical (unpaired) electrons. The molecule has 33 heavy (non-hydrogen) atoms. The number of aryl methyl sites for hydroxylation is 1. The fourth-order valence-corrected chi connectivity index (χ4v) is 4.62. The van der Waals surface area contributed by atoms with E-state index in [0.29, 0.717) is 36.5 Å². The molecule has 1 aromatic heterocycles. The Labute approximate surface area is 196 Å². The normalized spacial score (nSPS) is 19.4. The van der Waals surface area contributed by atoms with E-state index in [-0.39, 0.29) is 18.5 Å². The van der Waals surface area contributed by atoms with Crippen LogP contribution in [0, 0.1) is 12.8 Å². The molecule has 2 unspecified atom stereocenters. The first-order valence-corrected chi connectivity index (χ1v) is 11.9. The number of nitrogens with zero attached hydrogens (tertiary/aromatic N) is 3. The molecule has 0 bridgehead atoms. The minimum Gasteiger partial charge on any atom is -0.444 e. The number of alkyl halides is 3. The van der Waals surface area contributed by atoms with E-state index in [1.807, 2.05) is 13.8 Å². The van der Waals surface area contributed by atoms with Crippen LogP contribution in [0.4, 0.5) is 18.0 Å². The fraction of sp³-hybridized carbons (Fsp3) is 0.773. The van der Waals surface area contributed by atoms with Crippen LogP contribution in [0.5, 0.6) is 0 Å². The van der Waals surface area contributed by atoms with Gasteiger partial charge in [0.15, 0.2) is 0 Å². The molecule has 2 rings (SSSR count). The Morgan fingerprint density at radius 3 is 2.45 bits per heavy atom. The molecule has 1 N–H and O–H groups in total. The highest BCUT2D eigenvalue weighted by Crippen LogP contribution is 2.43. The van der Waals surface area contributed by atoms with E-state index in [1.54, 1.807) is 25.7 Å². The minimum atomic E-state index is -5.05. The zero-order valence-electron chi connectivity index (χ0n) is 20.0. The van der Waals surface area contributed by atoms with Gasteiger partial charge in [0.25, 0.3) is 0 Å². The highest BCUT2D eigenvalue weighted by Gasteiger charge is 2.58. The Hall–Kier alpha value is -1.88. The first-order chi connectivity index (χ1) is 15.0. The molecular weight excluding hydrogens is 459 g/mol. The summed E-state index contributed by atoms with van der Waals surface area (Å²) in [4.78, 5) is 32.2. The van der Waals surface area contributed by atoms with E-state index in [2.05, 4.69) is 4.98 Å². The molecule has 2 atom stereocenters. The summed E-state index contributed by atoms with van der Waals surface area (Å²) >= 11 is 0.682. The van der Waals surface area contributed by atoms with Gasteiger partial charge in [-0.25, -0.2) is 9.78 Å². The van der Waals surface area contributed by atoms with Crippen LogP contribution >= 0.6 is 11.3 Å². The molecule has 1 aliphatic heterocycles. The maximum absolute atomic E-state index is 13.8. The largest absolute Gasteiger partial charge is 0.444 e. The standard InChI is InChI=1S/C22H34F3N3O4S/c1-14(2)28(19(30)32-20(4,5)6)12-16-8-7-9-27(11-16)17(29)10-21(31,22(23,24)25)18-26-15(3)13-33-18/h13-14,16,31H,7-12H2,1-6H3. The summed E-state index contributed by atoms with van der Waals surface area (Å²) in [6.45, 7) is 11.4. The fourth-order valence-electron chi connectivity index (χ4n) is 3.71. The Morgan fingerprint density at radius 1 is 1.33 bits per heavy atom. The van der Waals surface area contributed by atoms with Crippen LogP contribution in [0.15, 0.2) is 5.38 Å². The van der Waals surface area contributed by atoms with Crippen molar-refractivity contribution in [2.75, 3.05) is 19.6 Å². The highest BCUT2D eigenvalue weighted by molar-refractivity contribution is 7.09. The van der Waals surface area contributed by atoms with Gasteiger partial charge in [-0.15, -0.1) is 11.3 Å². The second kappa shape index (κ2) is 10.2. The third kappa shape index (κ3) is 7.05. The molecule has 0 saturated carbocycles. The molecule has 0 spiro atoms. The summed E-state index contributed by atoms with van der Waals surface area (Å²) in [7, 11) is 0. The molecule has 2 amide bonds. The van der Waals surface area contributed by atoms with E-state index in [4.69, 9.17) is 4.74 Å². The number of hydrogen-bond donors (Lipinski definition) is 1. The number of hydrogen-bond acceptors (Lipinski definition) is 6. The van der Waals surface area contributed by atoms with E-state index in [0.717, 1.165) is 6.42 Å². The summed E-state index contributed by atoms with van der Waals surface area (Å²) in [5.74, 6) is -0.903. The molecule has 11 heteroatoms. The molecule has 188 valence electrons. The summed E-state index contributed by atoms with van der Waals surface area (Å²) < 4.78 is 46.8. The lowest BCUT2D eigenvalue weighted by atomic mass is 9.94. The number of halogens is 3. The molecular formula is C22H34F3N3O4S. The molecule has 2 heterocycles. The SMILES string of the molecule is Cc1csc(C(O)(CC(=O)N2CCCC(CN(C(=O)OC(C)(C)C)C(C)C)C2)C(F)(F)F)n1. The molecule has 7 nitrogen and oxygen atoms in total. The predicted molar refractivity (Wildman–Crippen MR) is 119 cm³/mol. The van der Waals surface area contributed by atoms with Crippen molar-refractivity contribution < 1.29 is 32.6 Å². The van der Waals surface area contributed by atoms with Gasteiger partial charge in [-0.1, -0.05) is 0 Å². The summed E-state index contributed by atoms with van der Waals surface area (Å²) in [6, 6.07) is -0.144. The van der Waals surface area contributed by atoms with Crippen molar-refractivity contribution in [1.82, 2.24) is 14.8 Å². The summed E-state index contributed by atoms with van der Waals surface area (Å²) in [6.07, 6.45) is -5.32. The van der Waals surface area contributed by atoms with Gasteiger partial charge >= 0.3 is 12.3 Å². The third-order valence-corrected chi connectivity index (χ3v) is 6.54. The average Bonchev–Trinajstić information content (AvgIpc) is 3.10. The highest BCUT2D eigenvalue weighted by atomic mass is 32.1. The molecule has 1 fully saturated rings. The number of ether oxygens (including phenoxy) is 1. The number of likely N-dealkylation sites (tertiary alicyclic amines) is 1. The van der Waals surface area contributed by atoms with E-state index >= 15 is 0 Å². The van der Waals surface area contributed by atoms with Gasteiger partial charge < -0.3 is 19.6 Å². The van der Waals surface area contributed by atoms with Crippen molar-refractivity contribution in [3.05, 3.63) is 16.1 Å². The number of rotatable bonds is 6.